The number of amidine groups is 1. The molecule has 0 bridgehead atoms. The largest absolute Gasteiger partial charge is 0.269 e. The molecule has 0 aliphatic carbocycles. The number of nitrogens with zero attached hydrogens (tertiary/aromatic N) is 4. The first-order chi connectivity index (χ1) is 5.42. The third kappa shape index (κ3) is 0.891. The predicted molar refractivity (Wildman–Crippen MR) is 41.2 cm³/mol. The number of hydrogen-bond donors (Lipinski definition) is 0. The van der Waals surface area contributed by atoms with Crippen LogP contribution in [0.5, 0.6) is 0 Å². The van der Waals surface area contributed by atoms with Crippen LogP contribution in [0.4, 0.5) is 0 Å². The van der Waals surface area contributed by atoms with Crippen molar-refractivity contribution < 1.29 is 0 Å². The molecule has 2 aliphatic rings. The van der Waals surface area contributed by atoms with Crippen molar-refractivity contribution in [1.29, 1.82) is 5.26 Å². The molecule has 0 aromatic rings. The Morgan fingerprint density at radius 1 is 1.73 bits per heavy atom. The van der Waals surface area contributed by atoms with Gasteiger partial charge >= 0.3 is 0 Å². The van der Waals surface area contributed by atoms with Crippen LogP contribution < -0.4 is 0 Å². The highest BCUT2D eigenvalue weighted by atomic mass is 15.5. The van der Waals surface area contributed by atoms with Crippen molar-refractivity contribution in [1.82, 2.24) is 5.01 Å². The molecule has 2 heterocycles. The fourth-order valence-electron chi connectivity index (χ4n) is 1.29. The van der Waals surface area contributed by atoms with E-state index in [1.165, 1.54) is 0 Å². The highest BCUT2D eigenvalue weighted by Crippen LogP contribution is 2.14. The van der Waals surface area contributed by atoms with Gasteiger partial charge in [-0.3, -0.25) is 10.0 Å². The minimum Gasteiger partial charge on any atom is -0.269 e. The normalized spacial score (nSPS) is 27.7. The van der Waals surface area contributed by atoms with Crippen LogP contribution in [0.25, 0.3) is 0 Å². The summed E-state index contributed by atoms with van der Waals surface area (Å²) in [7, 11) is 0. The van der Waals surface area contributed by atoms with Gasteiger partial charge < -0.3 is 0 Å². The molecule has 0 spiro atoms. The van der Waals surface area contributed by atoms with Crippen LogP contribution in [0.2, 0.25) is 0 Å². The van der Waals surface area contributed by atoms with Gasteiger partial charge in [0.05, 0.1) is 6.07 Å². The quantitative estimate of drug-likeness (QED) is 0.493. The Bertz CT molecular complexity index is 260. The minimum absolute atomic E-state index is 0.199. The molecule has 0 saturated carbocycles. The second-order valence-electron chi connectivity index (χ2n) is 2.59. The van der Waals surface area contributed by atoms with Gasteiger partial charge in [0.1, 0.15) is 11.8 Å². The maximum atomic E-state index is 8.66. The molecular weight excluding hydrogens is 140 g/mol. The Morgan fingerprint density at radius 3 is 3.45 bits per heavy atom. The molecule has 0 radical (unpaired) electrons. The first kappa shape index (κ1) is 6.35. The summed E-state index contributed by atoms with van der Waals surface area (Å²) in [5.41, 5.74) is 0. The van der Waals surface area contributed by atoms with Gasteiger partial charge in [0, 0.05) is 19.3 Å². The zero-order chi connectivity index (χ0) is 7.68. The molecule has 56 valence electrons. The second kappa shape index (κ2) is 2.35. The lowest BCUT2D eigenvalue weighted by Gasteiger charge is -2.19. The zero-order valence-electron chi connectivity index (χ0n) is 6.06. The fourth-order valence-corrected chi connectivity index (χ4v) is 1.29. The Hall–Kier alpha value is -1.37. The number of aliphatic imine (C=N–C) groups is 1. The van der Waals surface area contributed by atoms with Crippen LogP contribution in [0.1, 0.15) is 6.42 Å². The van der Waals surface area contributed by atoms with E-state index in [4.69, 9.17) is 5.26 Å². The molecule has 4 nitrogen and oxygen atoms in total. The second-order valence-corrected chi connectivity index (χ2v) is 2.59. The Kier molecular flexibility index (Phi) is 1.35. The van der Waals surface area contributed by atoms with E-state index in [1.807, 2.05) is 5.01 Å². The summed E-state index contributed by atoms with van der Waals surface area (Å²) >= 11 is 0. The van der Waals surface area contributed by atoms with E-state index < -0.39 is 0 Å². The Labute approximate surface area is 64.8 Å². The molecule has 2 aliphatic heterocycles. The third-order valence-corrected chi connectivity index (χ3v) is 1.84. The fraction of sp³-hybridized carbons (Fsp3) is 0.571. The third-order valence-electron chi connectivity index (χ3n) is 1.84. The number of hydrogen-bond acceptors (Lipinski definition) is 4. The van der Waals surface area contributed by atoms with Crippen LogP contribution in [-0.4, -0.2) is 30.1 Å². The number of fused-ring (bicyclic) bond motifs is 1. The summed E-state index contributed by atoms with van der Waals surface area (Å²) in [5.74, 6) is 0.633. The maximum Gasteiger partial charge on any atom is 0.142 e. The van der Waals surface area contributed by atoms with Crippen molar-refractivity contribution >= 4 is 12.1 Å². The van der Waals surface area contributed by atoms with E-state index >= 15 is 0 Å². The number of rotatable bonds is 0. The van der Waals surface area contributed by atoms with E-state index in [1.54, 1.807) is 6.21 Å². The number of hydrazone groups is 1. The molecule has 0 N–H and O–H groups in total. The molecule has 1 atom stereocenters. The van der Waals surface area contributed by atoms with E-state index in [0.29, 0.717) is 0 Å². The lowest BCUT2D eigenvalue weighted by atomic mass is 10.1. The van der Waals surface area contributed by atoms with Crippen LogP contribution in [0.3, 0.4) is 0 Å². The van der Waals surface area contributed by atoms with Gasteiger partial charge in [-0.25, -0.2) is 0 Å². The standard InChI is InChI=1S/C7H8N4/c8-4-6-5-10-11-3-1-2-9-7(6)11/h5-6H,1-3H2. The monoisotopic (exact) mass is 148 g/mol. The molecular formula is C7H8N4. The Balaban J connectivity index is 2.27. The molecule has 4 heteroatoms. The molecule has 1 unspecified atom stereocenters. The van der Waals surface area contributed by atoms with E-state index in [-0.39, 0.29) is 5.92 Å². The van der Waals surface area contributed by atoms with Crippen molar-refractivity contribution in [2.24, 2.45) is 16.0 Å². The highest BCUT2D eigenvalue weighted by molar-refractivity contribution is 6.03. The van der Waals surface area contributed by atoms with Gasteiger partial charge in [-0.1, -0.05) is 0 Å². The van der Waals surface area contributed by atoms with Crippen LogP contribution in [-0.2, 0) is 0 Å². The maximum absolute atomic E-state index is 8.66. The lowest BCUT2D eigenvalue weighted by Crippen LogP contribution is -2.31. The zero-order valence-corrected chi connectivity index (χ0v) is 6.06. The molecule has 0 aromatic heterocycles. The summed E-state index contributed by atoms with van der Waals surface area (Å²) in [4.78, 5) is 4.24. The molecule has 0 saturated heterocycles. The first-order valence-corrected chi connectivity index (χ1v) is 3.67. The van der Waals surface area contributed by atoms with Gasteiger partial charge in [-0.05, 0) is 6.42 Å². The van der Waals surface area contributed by atoms with Gasteiger partial charge in [-0.2, -0.15) is 10.4 Å². The van der Waals surface area contributed by atoms with Gasteiger partial charge in [0.2, 0.25) is 0 Å². The predicted octanol–water partition coefficient (Wildman–Crippen LogP) is 0.230. The summed E-state index contributed by atoms with van der Waals surface area (Å²) in [6.45, 7) is 1.75. The topological polar surface area (TPSA) is 51.8 Å². The average molecular weight is 148 g/mol. The van der Waals surface area contributed by atoms with E-state index in [0.717, 1.165) is 25.3 Å². The summed E-state index contributed by atoms with van der Waals surface area (Å²) in [6, 6.07) is 2.14. The van der Waals surface area contributed by atoms with Crippen molar-refractivity contribution in [3.63, 3.8) is 0 Å². The van der Waals surface area contributed by atoms with Crippen molar-refractivity contribution in [2.75, 3.05) is 13.1 Å². The molecule has 0 amide bonds. The lowest BCUT2D eigenvalue weighted by molar-refractivity contribution is 0.422. The molecule has 11 heavy (non-hydrogen) atoms. The summed E-state index contributed by atoms with van der Waals surface area (Å²) in [6.07, 6.45) is 2.70. The van der Waals surface area contributed by atoms with Crippen LogP contribution in [0, 0.1) is 17.2 Å². The number of nitriles is 1. The summed E-state index contributed by atoms with van der Waals surface area (Å²) in [5, 5.41) is 14.5. The molecule has 2 rings (SSSR count). The smallest absolute Gasteiger partial charge is 0.142 e. The van der Waals surface area contributed by atoms with Gasteiger partial charge in [-0.15, -0.1) is 0 Å². The van der Waals surface area contributed by atoms with Crippen LogP contribution in [0.15, 0.2) is 10.1 Å². The van der Waals surface area contributed by atoms with Crippen molar-refractivity contribution in [3.8, 4) is 6.07 Å². The molecule has 0 aromatic carbocycles. The summed E-state index contributed by atoms with van der Waals surface area (Å²) < 4.78 is 0. The van der Waals surface area contributed by atoms with Crippen molar-refractivity contribution in [2.45, 2.75) is 6.42 Å². The van der Waals surface area contributed by atoms with Crippen molar-refractivity contribution in [3.05, 3.63) is 0 Å². The average Bonchev–Trinajstić information content (AvgIpc) is 2.47. The van der Waals surface area contributed by atoms with Gasteiger partial charge in [0.25, 0.3) is 0 Å². The minimum atomic E-state index is -0.199. The van der Waals surface area contributed by atoms with Crippen LogP contribution >= 0.6 is 0 Å². The van der Waals surface area contributed by atoms with E-state index in [2.05, 4.69) is 16.2 Å². The van der Waals surface area contributed by atoms with Gasteiger partial charge in [0.15, 0.2) is 0 Å². The Morgan fingerprint density at radius 2 is 2.64 bits per heavy atom. The molecule has 0 fully saturated rings. The SMILES string of the molecule is N#CC1C=NN2CCCN=C12. The highest BCUT2D eigenvalue weighted by Gasteiger charge is 2.27. The first-order valence-electron chi connectivity index (χ1n) is 3.67. The van der Waals surface area contributed by atoms with E-state index in [9.17, 15) is 0 Å².